The molecule has 2 fully saturated rings. The quantitative estimate of drug-likeness (QED) is 0.838. The Morgan fingerprint density at radius 2 is 1.83 bits per heavy atom. The van der Waals surface area contributed by atoms with Gasteiger partial charge in [-0.1, -0.05) is 19.3 Å². The summed E-state index contributed by atoms with van der Waals surface area (Å²) in [7, 11) is 0. The third-order valence-corrected chi connectivity index (χ3v) is 4.95. The highest BCUT2D eigenvalue weighted by Crippen LogP contribution is 2.45. The van der Waals surface area contributed by atoms with Gasteiger partial charge in [0, 0.05) is 6.42 Å². The maximum absolute atomic E-state index is 12.8. The average Bonchev–Trinajstić information content (AvgIpc) is 2.79. The number of carbonyl (C=O) groups is 2. The van der Waals surface area contributed by atoms with Crippen LogP contribution in [0.5, 0.6) is 5.75 Å². The zero-order valence-corrected chi connectivity index (χ0v) is 13.5. The Hall–Kier alpha value is -1.95. The molecular formula is C18H22FNO4. The number of halogens is 1. The molecule has 0 radical (unpaired) electrons. The molecule has 1 N–H and O–H groups in total. The van der Waals surface area contributed by atoms with Crippen molar-refractivity contribution in [3.8, 4) is 5.75 Å². The van der Waals surface area contributed by atoms with Gasteiger partial charge < -0.3 is 9.84 Å². The lowest BCUT2D eigenvalue weighted by Gasteiger charge is -2.30. The number of hydrogen-bond acceptors (Lipinski definition) is 4. The van der Waals surface area contributed by atoms with E-state index in [-0.39, 0.29) is 37.2 Å². The van der Waals surface area contributed by atoms with Gasteiger partial charge in [-0.25, -0.2) is 4.39 Å². The smallest absolute Gasteiger partial charge is 0.235 e. The van der Waals surface area contributed by atoms with E-state index in [0.29, 0.717) is 5.75 Å². The number of likely N-dealkylation sites (tertiary alicyclic amines) is 1. The summed E-state index contributed by atoms with van der Waals surface area (Å²) in [5.41, 5.74) is -0.535. The van der Waals surface area contributed by atoms with E-state index in [4.69, 9.17) is 4.74 Å². The number of benzene rings is 1. The van der Waals surface area contributed by atoms with Crippen molar-refractivity contribution in [2.75, 3.05) is 13.2 Å². The topological polar surface area (TPSA) is 66.8 Å². The molecule has 2 amide bonds. The molecule has 0 bridgehead atoms. The fourth-order valence-corrected chi connectivity index (χ4v) is 3.65. The number of carbonyl (C=O) groups excluding carboxylic acids is 2. The molecule has 1 heterocycles. The first-order valence-electron chi connectivity index (χ1n) is 8.41. The predicted molar refractivity (Wildman–Crippen MR) is 84.8 cm³/mol. The number of ether oxygens (including phenoxy) is 1. The van der Waals surface area contributed by atoms with Crippen LogP contribution in [0, 0.1) is 11.2 Å². The van der Waals surface area contributed by atoms with Crippen molar-refractivity contribution in [3.63, 3.8) is 0 Å². The van der Waals surface area contributed by atoms with E-state index in [9.17, 15) is 19.1 Å². The number of amides is 2. The van der Waals surface area contributed by atoms with Crippen molar-refractivity contribution >= 4 is 11.8 Å². The van der Waals surface area contributed by atoms with Gasteiger partial charge >= 0.3 is 0 Å². The van der Waals surface area contributed by atoms with Gasteiger partial charge in [0.25, 0.3) is 0 Å². The van der Waals surface area contributed by atoms with E-state index in [1.54, 1.807) is 0 Å². The average molecular weight is 335 g/mol. The van der Waals surface area contributed by atoms with Gasteiger partial charge in [0.05, 0.1) is 12.0 Å². The number of hydrogen-bond donors (Lipinski definition) is 1. The number of imide groups is 1. The summed E-state index contributed by atoms with van der Waals surface area (Å²) < 4.78 is 18.2. The summed E-state index contributed by atoms with van der Waals surface area (Å²) in [6, 6.07) is 5.46. The Morgan fingerprint density at radius 1 is 1.17 bits per heavy atom. The summed E-state index contributed by atoms with van der Waals surface area (Å²) in [5.74, 6) is -0.289. The number of aliphatic hydroxyl groups is 1. The van der Waals surface area contributed by atoms with E-state index < -0.39 is 11.5 Å². The van der Waals surface area contributed by atoms with Crippen LogP contribution in [0.1, 0.15) is 38.5 Å². The van der Waals surface area contributed by atoms with Crippen LogP contribution in [0.15, 0.2) is 24.3 Å². The predicted octanol–water partition coefficient (Wildman–Crippen LogP) is 2.27. The van der Waals surface area contributed by atoms with Gasteiger partial charge in [0.1, 0.15) is 24.3 Å². The van der Waals surface area contributed by atoms with Crippen molar-refractivity contribution in [2.45, 2.75) is 44.6 Å². The monoisotopic (exact) mass is 335 g/mol. The first-order valence-corrected chi connectivity index (χ1v) is 8.41. The fraction of sp³-hybridized carbons (Fsp3) is 0.556. The SMILES string of the molecule is O=C1CC2(CCCCC2)C(=O)N1CC(O)COc1ccc(F)cc1. The molecule has 5 nitrogen and oxygen atoms in total. The fourth-order valence-electron chi connectivity index (χ4n) is 3.65. The van der Waals surface area contributed by atoms with Crippen LogP contribution in [0.3, 0.4) is 0 Å². The molecule has 6 heteroatoms. The van der Waals surface area contributed by atoms with Gasteiger partial charge in [-0.3, -0.25) is 14.5 Å². The van der Waals surface area contributed by atoms with Gasteiger partial charge in [0.15, 0.2) is 0 Å². The Bertz CT molecular complexity index is 610. The highest BCUT2D eigenvalue weighted by atomic mass is 19.1. The molecular weight excluding hydrogens is 313 g/mol. The normalized spacial score (nSPS) is 21.3. The van der Waals surface area contributed by atoms with Gasteiger partial charge in [-0.15, -0.1) is 0 Å². The van der Waals surface area contributed by atoms with Crippen LogP contribution in [0.2, 0.25) is 0 Å². The third kappa shape index (κ3) is 3.43. The Balaban J connectivity index is 1.55. The maximum Gasteiger partial charge on any atom is 0.235 e. The lowest BCUT2D eigenvalue weighted by atomic mass is 9.73. The zero-order chi connectivity index (χ0) is 17.2. The minimum Gasteiger partial charge on any atom is -0.491 e. The molecule has 1 saturated heterocycles. The summed E-state index contributed by atoms with van der Waals surface area (Å²) >= 11 is 0. The molecule has 0 aromatic heterocycles. The third-order valence-electron chi connectivity index (χ3n) is 4.95. The highest BCUT2D eigenvalue weighted by molar-refractivity contribution is 6.05. The summed E-state index contributed by atoms with van der Waals surface area (Å²) in [6.45, 7) is -0.115. The van der Waals surface area contributed by atoms with Crippen LogP contribution in [0.25, 0.3) is 0 Å². The number of rotatable bonds is 5. The second-order valence-corrected chi connectivity index (χ2v) is 6.75. The molecule has 1 aromatic carbocycles. The van der Waals surface area contributed by atoms with Crippen LogP contribution in [-0.4, -0.2) is 41.1 Å². The molecule has 1 saturated carbocycles. The standard InChI is InChI=1S/C18H22FNO4/c19-13-4-6-15(7-5-13)24-12-14(21)11-20-16(22)10-18(17(20)23)8-2-1-3-9-18/h4-7,14,21H,1-3,8-12H2. The molecule has 3 rings (SSSR count). The molecule has 1 atom stereocenters. The lowest BCUT2D eigenvalue weighted by molar-refractivity contribution is -0.144. The molecule has 2 aliphatic rings. The minimum absolute atomic E-state index is 0.0549. The van der Waals surface area contributed by atoms with Crippen LogP contribution in [0.4, 0.5) is 4.39 Å². The molecule has 1 aromatic rings. The number of nitrogens with zero attached hydrogens (tertiary/aromatic N) is 1. The molecule has 1 aliphatic heterocycles. The Labute approximate surface area is 140 Å². The molecule has 1 unspecified atom stereocenters. The van der Waals surface area contributed by atoms with Crippen molar-refractivity contribution in [1.29, 1.82) is 0 Å². The first-order chi connectivity index (χ1) is 11.5. The first kappa shape index (κ1) is 16.9. The Morgan fingerprint density at radius 3 is 2.50 bits per heavy atom. The molecule has 1 aliphatic carbocycles. The zero-order valence-electron chi connectivity index (χ0n) is 13.5. The molecule has 1 spiro atoms. The largest absolute Gasteiger partial charge is 0.491 e. The number of aliphatic hydroxyl groups excluding tert-OH is 1. The van der Waals surface area contributed by atoms with Crippen LogP contribution < -0.4 is 4.74 Å². The molecule has 24 heavy (non-hydrogen) atoms. The van der Waals surface area contributed by atoms with E-state index >= 15 is 0 Å². The van der Waals surface area contributed by atoms with Gasteiger partial charge in [-0.2, -0.15) is 0 Å². The molecule has 130 valence electrons. The Kier molecular flexibility index (Phi) is 4.85. The highest BCUT2D eigenvalue weighted by Gasteiger charge is 2.51. The van der Waals surface area contributed by atoms with Gasteiger partial charge in [0.2, 0.25) is 11.8 Å². The van der Waals surface area contributed by atoms with E-state index in [1.165, 1.54) is 29.2 Å². The van der Waals surface area contributed by atoms with Crippen molar-refractivity contribution in [2.24, 2.45) is 5.41 Å². The van der Waals surface area contributed by atoms with Gasteiger partial charge in [-0.05, 0) is 37.1 Å². The second kappa shape index (κ2) is 6.89. The summed E-state index contributed by atoms with van der Waals surface area (Å²) in [5, 5.41) is 10.1. The van der Waals surface area contributed by atoms with E-state index in [2.05, 4.69) is 0 Å². The van der Waals surface area contributed by atoms with E-state index in [0.717, 1.165) is 32.1 Å². The second-order valence-electron chi connectivity index (χ2n) is 6.75. The van der Waals surface area contributed by atoms with Crippen molar-refractivity contribution in [1.82, 2.24) is 4.90 Å². The minimum atomic E-state index is -0.971. The van der Waals surface area contributed by atoms with Crippen LogP contribution >= 0.6 is 0 Å². The lowest BCUT2D eigenvalue weighted by Crippen LogP contribution is -2.42. The van der Waals surface area contributed by atoms with Crippen molar-refractivity contribution < 1.29 is 23.8 Å². The van der Waals surface area contributed by atoms with Crippen molar-refractivity contribution in [3.05, 3.63) is 30.1 Å². The maximum atomic E-state index is 12.8. The van der Waals surface area contributed by atoms with Crippen LogP contribution in [-0.2, 0) is 9.59 Å². The summed E-state index contributed by atoms with van der Waals surface area (Å²) in [4.78, 5) is 26.1. The van der Waals surface area contributed by atoms with E-state index in [1.807, 2.05) is 0 Å². The summed E-state index contributed by atoms with van der Waals surface area (Å²) in [6.07, 6.45) is 3.87. The number of β-amino-alcohol motifs (C(OH)–C–C–N with tert-alkyl or cyclic N) is 1.